The quantitative estimate of drug-likeness (QED) is 0.503. The molecular formula is C19H16ClN3S. The summed E-state index contributed by atoms with van der Waals surface area (Å²) in [6, 6.07) is 12.5. The first-order valence-electron chi connectivity index (χ1n) is 8.08. The van der Waals surface area contributed by atoms with Crippen LogP contribution in [0.25, 0.3) is 21.1 Å². The summed E-state index contributed by atoms with van der Waals surface area (Å²) in [5.74, 6) is 0. The maximum atomic E-state index is 6.10. The molecule has 0 saturated heterocycles. The molecule has 24 heavy (non-hydrogen) atoms. The highest BCUT2D eigenvalue weighted by Crippen LogP contribution is 2.35. The lowest BCUT2D eigenvalue weighted by atomic mass is 10.0. The number of halogens is 1. The Balaban J connectivity index is 1.54. The Morgan fingerprint density at radius 2 is 2.12 bits per heavy atom. The van der Waals surface area contributed by atoms with Gasteiger partial charge in [0.2, 0.25) is 0 Å². The number of thiazole rings is 1. The molecule has 2 aromatic carbocycles. The summed E-state index contributed by atoms with van der Waals surface area (Å²) in [6.07, 6.45) is 1.05. The van der Waals surface area contributed by atoms with E-state index in [0.717, 1.165) is 39.9 Å². The minimum Gasteiger partial charge on any atom is -0.357 e. The molecule has 4 aromatic rings. The van der Waals surface area contributed by atoms with Gasteiger partial charge in [-0.3, -0.25) is 0 Å². The third-order valence-corrected chi connectivity index (χ3v) is 6.05. The Hall–Kier alpha value is -2.04. The van der Waals surface area contributed by atoms with Gasteiger partial charge in [-0.25, -0.2) is 4.98 Å². The second-order valence-corrected chi connectivity index (χ2v) is 7.86. The topological polar surface area (TPSA) is 31.9 Å². The van der Waals surface area contributed by atoms with E-state index in [9.17, 15) is 0 Å². The molecular weight excluding hydrogens is 338 g/mol. The predicted octanol–water partition coefficient (Wildman–Crippen LogP) is 5.30. The van der Waals surface area contributed by atoms with E-state index < -0.39 is 0 Å². The van der Waals surface area contributed by atoms with Crippen molar-refractivity contribution in [3.63, 3.8) is 0 Å². The van der Waals surface area contributed by atoms with Crippen molar-refractivity contribution in [3.05, 3.63) is 58.2 Å². The van der Waals surface area contributed by atoms with Crippen molar-refractivity contribution < 1.29 is 0 Å². The fourth-order valence-corrected chi connectivity index (χ4v) is 4.81. The third kappa shape index (κ3) is 2.21. The van der Waals surface area contributed by atoms with E-state index in [1.807, 2.05) is 18.2 Å². The van der Waals surface area contributed by atoms with Crippen molar-refractivity contribution in [1.82, 2.24) is 9.97 Å². The second kappa shape index (κ2) is 5.23. The van der Waals surface area contributed by atoms with Crippen molar-refractivity contribution in [3.8, 4) is 0 Å². The minimum atomic E-state index is 0.768. The number of hydrogen-bond donors (Lipinski definition) is 1. The molecule has 0 amide bonds. The van der Waals surface area contributed by atoms with Crippen LogP contribution < -0.4 is 4.90 Å². The number of nitrogens with zero attached hydrogens (tertiary/aromatic N) is 2. The summed E-state index contributed by atoms with van der Waals surface area (Å²) in [7, 11) is 0. The first-order chi connectivity index (χ1) is 11.7. The van der Waals surface area contributed by atoms with Crippen molar-refractivity contribution >= 4 is 49.2 Å². The van der Waals surface area contributed by atoms with E-state index in [1.54, 1.807) is 11.3 Å². The molecule has 2 aromatic heterocycles. The average Bonchev–Trinajstić information content (AvgIpc) is 3.14. The van der Waals surface area contributed by atoms with Gasteiger partial charge in [-0.05, 0) is 49.2 Å². The summed E-state index contributed by atoms with van der Waals surface area (Å²) < 4.78 is 1.15. The van der Waals surface area contributed by atoms with Crippen LogP contribution in [-0.2, 0) is 13.0 Å². The van der Waals surface area contributed by atoms with E-state index in [0.29, 0.717) is 0 Å². The van der Waals surface area contributed by atoms with Gasteiger partial charge in [-0.1, -0.05) is 34.6 Å². The molecule has 0 bridgehead atoms. The first-order valence-corrected chi connectivity index (χ1v) is 9.28. The number of benzene rings is 2. The van der Waals surface area contributed by atoms with Crippen LogP contribution in [0.3, 0.4) is 0 Å². The van der Waals surface area contributed by atoms with Crippen LogP contribution in [0.1, 0.15) is 16.8 Å². The van der Waals surface area contributed by atoms with E-state index in [2.05, 4.69) is 35.0 Å². The van der Waals surface area contributed by atoms with Crippen molar-refractivity contribution in [2.24, 2.45) is 0 Å². The summed E-state index contributed by atoms with van der Waals surface area (Å²) in [4.78, 5) is 10.8. The Bertz CT molecular complexity index is 1080. The molecule has 3 nitrogen and oxygen atoms in total. The van der Waals surface area contributed by atoms with Gasteiger partial charge >= 0.3 is 0 Å². The standard InChI is InChI=1S/C19H16ClN3S/c1-11-2-4-15-14(8-11)13-6-7-23(10-17(13)21-15)19-22-16-5-3-12(20)9-18(16)24-19/h2-5,8-9,21H,6-7,10H2,1H3. The molecule has 1 aliphatic rings. The SMILES string of the molecule is Cc1ccc2[nH]c3c(c2c1)CCN(c1nc2ccc(Cl)cc2s1)C3. The van der Waals surface area contributed by atoms with Gasteiger partial charge < -0.3 is 9.88 Å². The highest BCUT2D eigenvalue weighted by molar-refractivity contribution is 7.22. The zero-order valence-electron chi connectivity index (χ0n) is 13.3. The fraction of sp³-hybridized carbons (Fsp3) is 0.211. The van der Waals surface area contributed by atoms with Crippen LogP contribution in [0, 0.1) is 6.92 Å². The normalized spacial score (nSPS) is 14.5. The van der Waals surface area contributed by atoms with E-state index >= 15 is 0 Å². The van der Waals surface area contributed by atoms with Gasteiger partial charge in [0.1, 0.15) is 0 Å². The molecule has 120 valence electrons. The number of anilines is 1. The molecule has 5 rings (SSSR count). The number of aromatic nitrogens is 2. The molecule has 0 unspecified atom stereocenters. The van der Waals surface area contributed by atoms with Crippen LogP contribution in [0.4, 0.5) is 5.13 Å². The molecule has 0 fully saturated rings. The summed E-state index contributed by atoms with van der Waals surface area (Å²) >= 11 is 7.82. The van der Waals surface area contributed by atoms with Gasteiger partial charge in [0.25, 0.3) is 0 Å². The number of hydrogen-bond acceptors (Lipinski definition) is 3. The van der Waals surface area contributed by atoms with E-state index in [-0.39, 0.29) is 0 Å². The van der Waals surface area contributed by atoms with Gasteiger partial charge in [0, 0.05) is 28.2 Å². The number of aryl methyl sites for hydroxylation is 1. The molecule has 0 atom stereocenters. The number of rotatable bonds is 1. The highest BCUT2D eigenvalue weighted by Gasteiger charge is 2.22. The predicted molar refractivity (Wildman–Crippen MR) is 102 cm³/mol. The third-order valence-electron chi connectivity index (χ3n) is 4.74. The zero-order chi connectivity index (χ0) is 16.3. The lowest BCUT2D eigenvalue weighted by Crippen LogP contribution is -2.29. The number of nitrogens with one attached hydrogen (secondary N) is 1. The van der Waals surface area contributed by atoms with Crippen molar-refractivity contribution in [1.29, 1.82) is 0 Å². The van der Waals surface area contributed by atoms with Crippen LogP contribution in [0.15, 0.2) is 36.4 Å². The number of aromatic amines is 1. The molecule has 1 N–H and O–H groups in total. The second-order valence-electron chi connectivity index (χ2n) is 6.41. The monoisotopic (exact) mass is 353 g/mol. The van der Waals surface area contributed by atoms with E-state index in [4.69, 9.17) is 16.6 Å². The molecule has 5 heteroatoms. The lowest BCUT2D eigenvalue weighted by molar-refractivity contribution is 0.722. The Morgan fingerprint density at radius 1 is 1.21 bits per heavy atom. The Kier molecular flexibility index (Phi) is 3.12. The maximum absolute atomic E-state index is 6.10. The molecule has 0 aliphatic carbocycles. The first kappa shape index (κ1) is 14.3. The maximum Gasteiger partial charge on any atom is 0.186 e. The summed E-state index contributed by atoms with van der Waals surface area (Å²) in [6.45, 7) is 4.04. The molecule has 0 saturated carbocycles. The summed E-state index contributed by atoms with van der Waals surface area (Å²) in [5.41, 5.74) is 6.36. The largest absolute Gasteiger partial charge is 0.357 e. The van der Waals surface area contributed by atoms with Crippen molar-refractivity contribution in [2.75, 3.05) is 11.4 Å². The average molecular weight is 354 g/mol. The molecule has 3 heterocycles. The number of H-pyrrole nitrogens is 1. The van der Waals surface area contributed by atoms with Crippen LogP contribution in [0.2, 0.25) is 5.02 Å². The van der Waals surface area contributed by atoms with Gasteiger partial charge in [0.15, 0.2) is 5.13 Å². The minimum absolute atomic E-state index is 0.768. The van der Waals surface area contributed by atoms with Gasteiger partial charge in [0.05, 0.1) is 16.8 Å². The summed E-state index contributed by atoms with van der Waals surface area (Å²) in [5, 5.41) is 3.22. The van der Waals surface area contributed by atoms with Crippen LogP contribution in [-0.4, -0.2) is 16.5 Å². The van der Waals surface area contributed by atoms with Crippen LogP contribution in [0.5, 0.6) is 0 Å². The Labute approximate surface area is 148 Å². The fourth-order valence-electron chi connectivity index (χ4n) is 3.54. The van der Waals surface area contributed by atoms with Gasteiger partial charge in [-0.2, -0.15) is 0 Å². The highest BCUT2D eigenvalue weighted by atomic mass is 35.5. The van der Waals surface area contributed by atoms with E-state index in [1.165, 1.54) is 27.7 Å². The van der Waals surface area contributed by atoms with Gasteiger partial charge in [-0.15, -0.1) is 0 Å². The molecule has 0 spiro atoms. The Morgan fingerprint density at radius 3 is 3.04 bits per heavy atom. The molecule has 1 aliphatic heterocycles. The zero-order valence-corrected chi connectivity index (χ0v) is 14.8. The lowest BCUT2D eigenvalue weighted by Gasteiger charge is -2.26. The van der Waals surface area contributed by atoms with Crippen molar-refractivity contribution in [2.45, 2.75) is 19.9 Å². The van der Waals surface area contributed by atoms with Crippen LogP contribution >= 0.6 is 22.9 Å². The molecule has 0 radical (unpaired) electrons. The smallest absolute Gasteiger partial charge is 0.186 e. The number of fused-ring (bicyclic) bond motifs is 4.